The third-order valence-electron chi connectivity index (χ3n) is 5.48. The van der Waals surface area contributed by atoms with Crippen molar-refractivity contribution in [3.8, 4) is 0 Å². The van der Waals surface area contributed by atoms with Gasteiger partial charge in [-0.1, -0.05) is 117 Å². The summed E-state index contributed by atoms with van der Waals surface area (Å²) in [7, 11) is 10.3. The van der Waals surface area contributed by atoms with Crippen molar-refractivity contribution in [3.05, 3.63) is 0 Å². The summed E-state index contributed by atoms with van der Waals surface area (Å²) >= 11 is -0.931. The summed E-state index contributed by atoms with van der Waals surface area (Å²) in [4.78, 5) is 0. The molecule has 0 N–H and O–H groups in total. The first-order chi connectivity index (χ1) is 13.8. The van der Waals surface area contributed by atoms with Crippen molar-refractivity contribution in [1.82, 2.24) is 0 Å². The van der Waals surface area contributed by atoms with Crippen LogP contribution in [-0.4, -0.2) is 32.1 Å². The van der Waals surface area contributed by atoms with Crippen molar-refractivity contribution in [1.29, 1.82) is 0 Å². The van der Waals surface area contributed by atoms with Crippen LogP contribution in [0.15, 0.2) is 0 Å². The molecule has 0 aliphatic carbocycles. The fourth-order valence-electron chi connectivity index (χ4n) is 3.68. The molecular formula is C24H53Cl2GeP. The predicted octanol–water partition coefficient (Wildman–Crippen LogP) is 10.0. The quantitative estimate of drug-likeness (QED) is 0.0810. The first kappa shape index (κ1) is 31.7. The Balaban J connectivity index is 0. The maximum atomic E-state index is 4.95. The Morgan fingerprint density at radius 2 is 0.643 bits per heavy atom. The van der Waals surface area contributed by atoms with Gasteiger partial charge in [0.2, 0.25) is 0 Å². The second-order valence-corrected chi connectivity index (χ2v) is 15.6. The minimum atomic E-state index is -0.931. The van der Waals surface area contributed by atoms with Gasteiger partial charge in [-0.3, -0.25) is 0 Å². The Labute approximate surface area is 195 Å². The van der Waals surface area contributed by atoms with Crippen LogP contribution in [0, 0.1) is 0 Å². The van der Waals surface area contributed by atoms with Crippen LogP contribution in [-0.2, 0) is 0 Å². The summed E-state index contributed by atoms with van der Waals surface area (Å²) in [5, 5.41) is 0. The Morgan fingerprint density at radius 1 is 0.429 bits per heavy atom. The molecule has 4 heteroatoms. The summed E-state index contributed by atoms with van der Waals surface area (Å²) in [6.07, 6.45) is 31.2. The fourth-order valence-corrected chi connectivity index (χ4v) is 6.37. The van der Waals surface area contributed by atoms with Gasteiger partial charge in [-0.05, 0) is 37.7 Å². The average molecular weight is 516 g/mol. The molecule has 0 aromatic carbocycles. The molecule has 0 aromatic heterocycles. The normalized spacial score (nSPS) is 10.9. The van der Waals surface area contributed by atoms with E-state index >= 15 is 0 Å². The van der Waals surface area contributed by atoms with Crippen molar-refractivity contribution >= 4 is 41.5 Å². The molecule has 172 valence electrons. The number of hydrogen-bond acceptors (Lipinski definition) is 0. The molecule has 0 aromatic rings. The number of rotatable bonds is 21. The second kappa shape index (κ2) is 30.7. The molecule has 0 nitrogen and oxygen atoms in total. The molecule has 0 unspecified atom stereocenters. The van der Waals surface area contributed by atoms with Gasteiger partial charge >= 0.3 is 33.6 Å². The Kier molecular flexibility index (Phi) is 34.8. The van der Waals surface area contributed by atoms with Gasteiger partial charge in [0.25, 0.3) is 0 Å². The van der Waals surface area contributed by atoms with Gasteiger partial charge in [-0.2, -0.15) is 0 Å². The molecule has 0 bridgehead atoms. The molecular weight excluding hydrogens is 463 g/mol. The van der Waals surface area contributed by atoms with Crippen LogP contribution in [0.4, 0.5) is 0 Å². The summed E-state index contributed by atoms with van der Waals surface area (Å²) in [5.41, 5.74) is 0. The third-order valence-corrected chi connectivity index (χ3v) is 8.33. The third kappa shape index (κ3) is 29.8. The number of halogens is 2. The Hall–Kier alpha value is 1.55. The Morgan fingerprint density at radius 3 is 0.893 bits per heavy atom. The van der Waals surface area contributed by atoms with E-state index < -0.39 is 13.6 Å². The standard InChI is InChI=1S/C24H51P.Cl2GeH2/c1-4-7-10-13-16-19-22-25(23-20-17-14-11-8-5-2)24-21-18-15-12-9-6-3;1-3-2/h4-24H2,1-3H3;3H2. The average Bonchev–Trinajstić information content (AvgIpc) is 2.69. The zero-order chi connectivity index (χ0) is 21.1. The molecule has 0 spiro atoms. The van der Waals surface area contributed by atoms with E-state index in [9.17, 15) is 0 Å². The van der Waals surface area contributed by atoms with E-state index in [4.69, 9.17) is 20.0 Å². The fraction of sp³-hybridized carbons (Fsp3) is 1.00. The van der Waals surface area contributed by atoms with Crippen LogP contribution >= 0.6 is 27.9 Å². The molecule has 0 fully saturated rings. The molecule has 0 amide bonds. The van der Waals surface area contributed by atoms with E-state index in [1.165, 1.54) is 116 Å². The topological polar surface area (TPSA) is 0 Å². The minimum absolute atomic E-state index is 0.366. The summed E-state index contributed by atoms with van der Waals surface area (Å²) in [6.45, 7) is 6.96. The van der Waals surface area contributed by atoms with Gasteiger partial charge in [0, 0.05) is 0 Å². The summed E-state index contributed by atoms with van der Waals surface area (Å²) < 4.78 is 0. The van der Waals surface area contributed by atoms with Crippen molar-refractivity contribution in [2.45, 2.75) is 136 Å². The van der Waals surface area contributed by atoms with Crippen molar-refractivity contribution < 1.29 is 0 Å². The molecule has 28 heavy (non-hydrogen) atoms. The van der Waals surface area contributed by atoms with Gasteiger partial charge in [0.05, 0.1) is 0 Å². The summed E-state index contributed by atoms with van der Waals surface area (Å²) in [5.74, 6) is 0. The van der Waals surface area contributed by atoms with Crippen LogP contribution < -0.4 is 0 Å². The SMILES string of the molecule is CCCCCCCCP(CCCCCCCC)CCCCCCCC.[Cl][GeH2][Cl]. The van der Waals surface area contributed by atoms with Gasteiger partial charge < -0.3 is 0 Å². The first-order valence-corrected chi connectivity index (χ1v) is 22.3. The van der Waals surface area contributed by atoms with E-state index in [-0.39, 0.29) is 0 Å². The summed E-state index contributed by atoms with van der Waals surface area (Å²) in [6, 6.07) is 0. The van der Waals surface area contributed by atoms with E-state index in [0.29, 0.717) is 7.92 Å². The van der Waals surface area contributed by atoms with Gasteiger partial charge in [-0.25, -0.2) is 0 Å². The van der Waals surface area contributed by atoms with Crippen molar-refractivity contribution in [2.24, 2.45) is 0 Å². The van der Waals surface area contributed by atoms with E-state index in [2.05, 4.69) is 20.8 Å². The molecule has 0 saturated heterocycles. The molecule has 0 aliphatic heterocycles. The van der Waals surface area contributed by atoms with Gasteiger partial charge in [0.15, 0.2) is 0 Å². The number of unbranched alkanes of at least 4 members (excludes halogenated alkanes) is 15. The van der Waals surface area contributed by atoms with E-state index in [1.807, 2.05) is 0 Å². The maximum absolute atomic E-state index is 4.95. The molecule has 0 rings (SSSR count). The Bertz CT molecular complexity index is 217. The predicted molar refractivity (Wildman–Crippen MR) is 142 cm³/mol. The number of hydrogen-bond donors (Lipinski definition) is 0. The zero-order valence-electron chi connectivity index (χ0n) is 19.8. The van der Waals surface area contributed by atoms with Crippen LogP contribution in [0.5, 0.6) is 0 Å². The zero-order valence-corrected chi connectivity index (χ0v) is 25.1. The molecule has 0 heterocycles. The van der Waals surface area contributed by atoms with Gasteiger partial charge in [-0.15, -0.1) is 7.92 Å². The molecule has 0 aliphatic rings. The van der Waals surface area contributed by atoms with Crippen molar-refractivity contribution in [2.75, 3.05) is 18.5 Å². The molecule has 0 saturated carbocycles. The van der Waals surface area contributed by atoms with Crippen LogP contribution in [0.3, 0.4) is 0 Å². The van der Waals surface area contributed by atoms with Crippen LogP contribution in [0.1, 0.15) is 136 Å². The van der Waals surface area contributed by atoms with Crippen LogP contribution in [0.25, 0.3) is 0 Å². The molecule has 0 atom stereocenters. The van der Waals surface area contributed by atoms with Crippen LogP contribution in [0.2, 0.25) is 0 Å². The van der Waals surface area contributed by atoms with E-state index in [0.717, 1.165) is 0 Å². The van der Waals surface area contributed by atoms with Gasteiger partial charge in [0.1, 0.15) is 0 Å². The second-order valence-electron chi connectivity index (χ2n) is 8.25. The first-order valence-electron chi connectivity index (χ1n) is 12.6. The molecule has 0 radical (unpaired) electrons. The van der Waals surface area contributed by atoms with Crippen molar-refractivity contribution in [3.63, 3.8) is 0 Å². The van der Waals surface area contributed by atoms with E-state index in [1.54, 1.807) is 18.5 Å². The monoisotopic (exact) mass is 516 g/mol.